The van der Waals surface area contributed by atoms with E-state index < -0.39 is 0 Å². The number of rotatable bonds is 6. The molecule has 2 unspecified atom stereocenters. The summed E-state index contributed by atoms with van der Waals surface area (Å²) in [6, 6.07) is 9.51. The van der Waals surface area contributed by atoms with Crippen molar-refractivity contribution in [1.29, 1.82) is 0 Å². The van der Waals surface area contributed by atoms with Crippen LogP contribution in [0.25, 0.3) is 10.9 Å². The molecular formula is C22H29N3O3. The molecule has 1 saturated heterocycles. The van der Waals surface area contributed by atoms with Crippen LogP contribution < -0.4 is 5.32 Å². The number of ether oxygens (including phenoxy) is 1. The number of pyridine rings is 1. The Morgan fingerprint density at radius 3 is 2.79 bits per heavy atom. The molecule has 2 heterocycles. The molecule has 1 aliphatic rings. The van der Waals surface area contributed by atoms with Crippen LogP contribution in [0.2, 0.25) is 0 Å². The fraction of sp³-hybridized carbons (Fsp3) is 0.500. The largest absolute Gasteiger partial charge is 0.384 e. The van der Waals surface area contributed by atoms with Gasteiger partial charge in [0.05, 0.1) is 17.7 Å². The highest BCUT2D eigenvalue weighted by Gasteiger charge is 2.35. The summed E-state index contributed by atoms with van der Waals surface area (Å²) in [5.41, 5.74) is 1.11. The monoisotopic (exact) mass is 383 g/mol. The molecule has 2 atom stereocenters. The predicted octanol–water partition coefficient (Wildman–Crippen LogP) is 3.02. The van der Waals surface area contributed by atoms with E-state index in [9.17, 15) is 9.59 Å². The molecule has 1 fully saturated rings. The van der Waals surface area contributed by atoms with E-state index in [0.29, 0.717) is 25.1 Å². The number of nitrogens with zero attached hydrogens (tertiary/aromatic N) is 2. The van der Waals surface area contributed by atoms with Crippen molar-refractivity contribution in [1.82, 2.24) is 15.2 Å². The van der Waals surface area contributed by atoms with Crippen LogP contribution in [-0.2, 0) is 9.53 Å². The normalized spacial score (nSPS) is 19.8. The number of fused-ring (bicyclic) bond motifs is 1. The van der Waals surface area contributed by atoms with Gasteiger partial charge < -0.3 is 15.0 Å². The van der Waals surface area contributed by atoms with E-state index in [1.807, 2.05) is 56.0 Å². The summed E-state index contributed by atoms with van der Waals surface area (Å²) in [5.74, 6) is -0.0337. The van der Waals surface area contributed by atoms with Crippen molar-refractivity contribution >= 4 is 22.7 Å². The zero-order valence-electron chi connectivity index (χ0n) is 17.1. The molecule has 0 saturated carbocycles. The number of likely N-dealkylation sites (tertiary alicyclic amines) is 1. The minimum Gasteiger partial charge on any atom is -0.384 e. The lowest BCUT2D eigenvalue weighted by Crippen LogP contribution is -2.40. The Balaban J connectivity index is 1.68. The molecule has 1 aromatic carbocycles. The zero-order valence-corrected chi connectivity index (χ0v) is 17.1. The van der Waals surface area contributed by atoms with Crippen molar-refractivity contribution in [3.05, 3.63) is 42.1 Å². The first kappa shape index (κ1) is 20.3. The first-order valence-corrected chi connectivity index (χ1v) is 9.74. The quantitative estimate of drug-likeness (QED) is 0.832. The van der Waals surface area contributed by atoms with Crippen LogP contribution in [0.3, 0.4) is 0 Å². The van der Waals surface area contributed by atoms with Gasteiger partial charge in [-0.15, -0.1) is 0 Å². The number of benzene rings is 1. The molecule has 1 aliphatic heterocycles. The molecule has 0 radical (unpaired) electrons. The number of hydrogen-bond donors (Lipinski definition) is 1. The number of methoxy groups -OCH3 is 1. The number of aromatic nitrogens is 1. The van der Waals surface area contributed by atoms with Gasteiger partial charge >= 0.3 is 0 Å². The van der Waals surface area contributed by atoms with Gasteiger partial charge in [0, 0.05) is 43.7 Å². The molecular weight excluding hydrogens is 354 g/mol. The van der Waals surface area contributed by atoms with Gasteiger partial charge in [-0.3, -0.25) is 14.6 Å². The van der Waals surface area contributed by atoms with Crippen LogP contribution in [0, 0.1) is 5.41 Å². The summed E-state index contributed by atoms with van der Waals surface area (Å²) in [4.78, 5) is 31.8. The Hall–Kier alpha value is -2.47. The first-order valence-electron chi connectivity index (χ1n) is 9.74. The lowest BCUT2D eigenvalue weighted by molar-refractivity contribution is -0.124. The van der Waals surface area contributed by atoms with E-state index in [0.717, 1.165) is 17.3 Å². The van der Waals surface area contributed by atoms with Gasteiger partial charge in [0.2, 0.25) is 5.91 Å². The third-order valence-electron chi connectivity index (χ3n) is 5.24. The second kappa shape index (κ2) is 8.27. The number of nitrogens with one attached hydrogen (secondary N) is 1. The fourth-order valence-electron chi connectivity index (χ4n) is 4.01. The molecule has 2 amide bonds. The Kier molecular flexibility index (Phi) is 5.98. The summed E-state index contributed by atoms with van der Waals surface area (Å²) in [6.07, 6.45) is 2.85. The molecule has 3 rings (SSSR count). The summed E-state index contributed by atoms with van der Waals surface area (Å²) < 4.78 is 5.19. The van der Waals surface area contributed by atoms with E-state index in [1.54, 1.807) is 13.3 Å². The maximum Gasteiger partial charge on any atom is 0.256 e. The second-order valence-electron chi connectivity index (χ2n) is 8.46. The standard InChI is InChI=1S/C22H29N3O3/c1-15-11-17(24-19(26)12-22(2,3)14-28-4)13-25(15)21(27)18-9-5-7-16-8-6-10-23-20(16)18/h5-10,15,17H,11-14H2,1-4H3,(H,24,26). The Bertz CT molecular complexity index is 860. The molecule has 6 heteroatoms. The number of para-hydroxylation sites is 1. The molecule has 28 heavy (non-hydrogen) atoms. The molecule has 1 N–H and O–H groups in total. The van der Waals surface area contributed by atoms with Crippen molar-refractivity contribution in [2.45, 2.75) is 45.7 Å². The van der Waals surface area contributed by atoms with Crippen LogP contribution in [-0.4, -0.2) is 54.0 Å². The van der Waals surface area contributed by atoms with Crippen LogP contribution >= 0.6 is 0 Å². The van der Waals surface area contributed by atoms with Crippen molar-refractivity contribution < 1.29 is 14.3 Å². The minimum absolute atomic E-state index is 0.000349. The van der Waals surface area contributed by atoms with Gasteiger partial charge in [0.15, 0.2) is 0 Å². The van der Waals surface area contributed by atoms with Gasteiger partial charge in [-0.2, -0.15) is 0 Å². The molecule has 6 nitrogen and oxygen atoms in total. The van der Waals surface area contributed by atoms with Gasteiger partial charge in [-0.05, 0) is 30.9 Å². The van der Waals surface area contributed by atoms with Crippen LogP contribution in [0.5, 0.6) is 0 Å². The highest BCUT2D eigenvalue weighted by molar-refractivity contribution is 6.05. The van der Waals surface area contributed by atoms with Crippen LogP contribution in [0.1, 0.15) is 44.0 Å². The van der Waals surface area contributed by atoms with E-state index in [2.05, 4.69) is 10.3 Å². The van der Waals surface area contributed by atoms with Crippen LogP contribution in [0.15, 0.2) is 36.5 Å². The average molecular weight is 383 g/mol. The Morgan fingerprint density at radius 2 is 2.04 bits per heavy atom. The van der Waals surface area contributed by atoms with Crippen molar-refractivity contribution in [3.63, 3.8) is 0 Å². The maximum absolute atomic E-state index is 13.2. The SMILES string of the molecule is COCC(C)(C)CC(=O)NC1CC(C)N(C(=O)c2cccc3cccnc23)C1. The van der Waals surface area contributed by atoms with E-state index in [1.165, 1.54) is 0 Å². The zero-order chi connectivity index (χ0) is 20.3. The fourth-order valence-corrected chi connectivity index (χ4v) is 4.01. The summed E-state index contributed by atoms with van der Waals surface area (Å²) in [7, 11) is 1.64. The molecule has 0 spiro atoms. The lowest BCUT2D eigenvalue weighted by atomic mass is 9.90. The maximum atomic E-state index is 13.2. The summed E-state index contributed by atoms with van der Waals surface area (Å²) in [6.45, 7) is 7.09. The third kappa shape index (κ3) is 4.50. The predicted molar refractivity (Wildman–Crippen MR) is 109 cm³/mol. The number of amides is 2. The smallest absolute Gasteiger partial charge is 0.256 e. The van der Waals surface area contributed by atoms with Gasteiger partial charge in [0.1, 0.15) is 0 Å². The lowest BCUT2D eigenvalue weighted by Gasteiger charge is -2.24. The molecule has 150 valence electrons. The van der Waals surface area contributed by atoms with Gasteiger partial charge in [-0.25, -0.2) is 0 Å². The molecule has 0 bridgehead atoms. The highest BCUT2D eigenvalue weighted by Crippen LogP contribution is 2.25. The summed E-state index contributed by atoms with van der Waals surface area (Å²) >= 11 is 0. The number of carbonyl (C=O) groups excluding carboxylic acids is 2. The minimum atomic E-state index is -0.215. The van der Waals surface area contributed by atoms with E-state index in [4.69, 9.17) is 4.74 Å². The Labute approximate surface area is 166 Å². The first-order chi connectivity index (χ1) is 13.3. The molecule has 2 aromatic rings. The number of hydrogen-bond acceptors (Lipinski definition) is 4. The van der Waals surface area contributed by atoms with E-state index in [-0.39, 0.29) is 29.3 Å². The van der Waals surface area contributed by atoms with Crippen molar-refractivity contribution in [2.24, 2.45) is 5.41 Å². The second-order valence-corrected chi connectivity index (χ2v) is 8.46. The van der Waals surface area contributed by atoms with Crippen molar-refractivity contribution in [3.8, 4) is 0 Å². The van der Waals surface area contributed by atoms with Crippen molar-refractivity contribution in [2.75, 3.05) is 20.3 Å². The highest BCUT2D eigenvalue weighted by atomic mass is 16.5. The van der Waals surface area contributed by atoms with Crippen LogP contribution in [0.4, 0.5) is 0 Å². The average Bonchev–Trinajstić information content (AvgIpc) is 2.99. The molecule has 0 aliphatic carbocycles. The molecule has 1 aromatic heterocycles. The topological polar surface area (TPSA) is 71.5 Å². The number of carbonyl (C=O) groups is 2. The van der Waals surface area contributed by atoms with Gasteiger partial charge in [0.25, 0.3) is 5.91 Å². The van der Waals surface area contributed by atoms with E-state index >= 15 is 0 Å². The summed E-state index contributed by atoms with van der Waals surface area (Å²) in [5, 5.41) is 4.04. The Morgan fingerprint density at radius 1 is 1.29 bits per heavy atom. The third-order valence-corrected chi connectivity index (χ3v) is 5.24. The van der Waals surface area contributed by atoms with Gasteiger partial charge in [-0.1, -0.05) is 32.0 Å².